The molecule has 8 heteroatoms. The predicted octanol–water partition coefficient (Wildman–Crippen LogP) is 2.65. The van der Waals surface area contributed by atoms with Crippen LogP contribution in [-0.4, -0.2) is 42.8 Å². The molecule has 1 saturated heterocycles. The first-order valence-electron chi connectivity index (χ1n) is 7.70. The fourth-order valence-corrected chi connectivity index (χ4v) is 3.29. The number of thioether (sulfide) groups is 1. The molecule has 0 aromatic heterocycles. The van der Waals surface area contributed by atoms with E-state index in [1.54, 1.807) is 36.9 Å². The zero-order chi connectivity index (χ0) is 17.6. The molecule has 1 heterocycles. The number of aryl methyl sites for hydroxylation is 1. The standard InChI is InChI=1S/C16H21F3N2O2S/c1-11-2-3-12(14(6-11)23-10-16(17,18)19)8-21-15(22)7-13-9-24-5-4-20-13/h2-3,6,13,20H,4-5,7-10H2,1H3,(H,21,22). The van der Waals surface area contributed by atoms with Gasteiger partial charge in [0.25, 0.3) is 0 Å². The van der Waals surface area contributed by atoms with Crippen LogP contribution >= 0.6 is 11.8 Å². The number of benzene rings is 1. The highest BCUT2D eigenvalue weighted by atomic mass is 32.2. The average Bonchev–Trinajstić information content (AvgIpc) is 2.52. The van der Waals surface area contributed by atoms with Crippen molar-refractivity contribution in [3.05, 3.63) is 29.3 Å². The Kier molecular flexibility index (Phi) is 6.79. The fraction of sp³-hybridized carbons (Fsp3) is 0.562. The van der Waals surface area contributed by atoms with E-state index in [2.05, 4.69) is 10.6 Å². The van der Waals surface area contributed by atoms with Crippen molar-refractivity contribution in [3.8, 4) is 5.75 Å². The maximum absolute atomic E-state index is 12.3. The summed E-state index contributed by atoms with van der Waals surface area (Å²) in [6.45, 7) is 1.46. The number of carbonyl (C=O) groups is 1. The summed E-state index contributed by atoms with van der Waals surface area (Å²) in [4.78, 5) is 12.0. The first-order chi connectivity index (χ1) is 11.3. The van der Waals surface area contributed by atoms with Crippen LogP contribution in [0.25, 0.3) is 0 Å². The maximum Gasteiger partial charge on any atom is 0.422 e. The average molecular weight is 362 g/mol. The number of hydrogen-bond donors (Lipinski definition) is 2. The fourth-order valence-electron chi connectivity index (χ4n) is 2.34. The summed E-state index contributed by atoms with van der Waals surface area (Å²) < 4.78 is 41.9. The van der Waals surface area contributed by atoms with Crippen LogP contribution in [0, 0.1) is 6.92 Å². The van der Waals surface area contributed by atoms with Crippen molar-refractivity contribution < 1.29 is 22.7 Å². The second kappa shape index (κ2) is 8.62. The van der Waals surface area contributed by atoms with E-state index in [-0.39, 0.29) is 24.2 Å². The van der Waals surface area contributed by atoms with E-state index >= 15 is 0 Å². The third-order valence-electron chi connectivity index (χ3n) is 3.52. The third-order valence-corrected chi connectivity index (χ3v) is 4.65. The smallest absolute Gasteiger partial charge is 0.422 e. The lowest BCUT2D eigenvalue weighted by Crippen LogP contribution is -2.41. The van der Waals surface area contributed by atoms with Crippen LogP contribution in [-0.2, 0) is 11.3 Å². The van der Waals surface area contributed by atoms with Gasteiger partial charge in [0.15, 0.2) is 6.61 Å². The van der Waals surface area contributed by atoms with Crippen molar-refractivity contribution in [2.75, 3.05) is 24.7 Å². The summed E-state index contributed by atoms with van der Waals surface area (Å²) in [5.74, 6) is 1.95. The summed E-state index contributed by atoms with van der Waals surface area (Å²) in [6, 6.07) is 5.15. The lowest BCUT2D eigenvalue weighted by Gasteiger charge is -2.22. The van der Waals surface area contributed by atoms with E-state index < -0.39 is 12.8 Å². The maximum atomic E-state index is 12.3. The molecule has 0 spiro atoms. The molecule has 1 unspecified atom stereocenters. The van der Waals surface area contributed by atoms with Gasteiger partial charge in [-0.05, 0) is 18.6 Å². The van der Waals surface area contributed by atoms with Gasteiger partial charge in [-0.2, -0.15) is 24.9 Å². The Morgan fingerprint density at radius 1 is 1.46 bits per heavy atom. The highest BCUT2D eigenvalue weighted by molar-refractivity contribution is 7.99. The molecule has 1 fully saturated rings. The van der Waals surface area contributed by atoms with Crippen LogP contribution in [0.3, 0.4) is 0 Å². The van der Waals surface area contributed by atoms with Gasteiger partial charge in [-0.25, -0.2) is 0 Å². The summed E-state index contributed by atoms with van der Waals surface area (Å²) >= 11 is 1.80. The minimum atomic E-state index is -4.39. The van der Waals surface area contributed by atoms with Crippen LogP contribution in [0.4, 0.5) is 13.2 Å². The minimum absolute atomic E-state index is 0.127. The van der Waals surface area contributed by atoms with Gasteiger partial charge in [0.1, 0.15) is 5.75 Å². The molecule has 2 N–H and O–H groups in total. The Bertz CT molecular complexity index is 561. The van der Waals surface area contributed by atoms with Crippen LogP contribution in [0.1, 0.15) is 17.5 Å². The lowest BCUT2D eigenvalue weighted by atomic mass is 10.1. The van der Waals surface area contributed by atoms with Gasteiger partial charge in [0.2, 0.25) is 5.91 Å². The van der Waals surface area contributed by atoms with E-state index in [1.165, 1.54) is 0 Å². The predicted molar refractivity (Wildman–Crippen MR) is 88.3 cm³/mol. The molecule has 0 radical (unpaired) electrons. The number of halogens is 3. The Morgan fingerprint density at radius 3 is 2.92 bits per heavy atom. The molecule has 1 aromatic rings. The monoisotopic (exact) mass is 362 g/mol. The van der Waals surface area contributed by atoms with Crippen LogP contribution in [0.5, 0.6) is 5.75 Å². The molecular weight excluding hydrogens is 341 g/mol. The Balaban J connectivity index is 1.89. The third kappa shape index (κ3) is 6.60. The molecule has 1 amide bonds. The molecule has 1 aliphatic rings. The number of rotatable bonds is 6. The van der Waals surface area contributed by atoms with E-state index in [0.717, 1.165) is 23.6 Å². The summed E-state index contributed by atoms with van der Waals surface area (Å²) in [5.41, 5.74) is 1.33. The zero-order valence-corrected chi connectivity index (χ0v) is 14.2. The zero-order valence-electron chi connectivity index (χ0n) is 13.4. The van der Waals surface area contributed by atoms with Gasteiger partial charge < -0.3 is 15.4 Å². The molecule has 4 nitrogen and oxygen atoms in total. The van der Waals surface area contributed by atoms with Gasteiger partial charge in [-0.15, -0.1) is 0 Å². The second-order valence-corrected chi connectivity index (χ2v) is 6.87. The molecule has 24 heavy (non-hydrogen) atoms. The van der Waals surface area contributed by atoms with Crippen molar-refractivity contribution in [2.24, 2.45) is 0 Å². The second-order valence-electron chi connectivity index (χ2n) is 5.72. The number of nitrogens with one attached hydrogen (secondary N) is 2. The van der Waals surface area contributed by atoms with E-state index in [9.17, 15) is 18.0 Å². The quantitative estimate of drug-likeness (QED) is 0.817. The molecule has 1 atom stereocenters. The molecule has 1 aromatic carbocycles. The van der Waals surface area contributed by atoms with Crippen molar-refractivity contribution in [3.63, 3.8) is 0 Å². The first kappa shape index (κ1) is 18.9. The van der Waals surface area contributed by atoms with E-state index in [0.29, 0.717) is 12.0 Å². The van der Waals surface area contributed by atoms with E-state index in [1.807, 2.05) is 0 Å². The van der Waals surface area contributed by atoms with Crippen LogP contribution in [0.2, 0.25) is 0 Å². The number of alkyl halides is 3. The number of ether oxygens (including phenoxy) is 1. The molecule has 134 valence electrons. The highest BCUT2D eigenvalue weighted by Crippen LogP contribution is 2.23. The van der Waals surface area contributed by atoms with E-state index in [4.69, 9.17) is 4.74 Å². The Morgan fingerprint density at radius 2 is 2.25 bits per heavy atom. The number of hydrogen-bond acceptors (Lipinski definition) is 4. The highest BCUT2D eigenvalue weighted by Gasteiger charge is 2.28. The molecule has 2 rings (SSSR count). The van der Waals surface area contributed by atoms with Gasteiger partial charge in [-0.1, -0.05) is 12.1 Å². The summed E-state index contributed by atoms with van der Waals surface area (Å²) in [7, 11) is 0. The topological polar surface area (TPSA) is 50.4 Å². The van der Waals surface area contributed by atoms with Crippen LogP contribution < -0.4 is 15.4 Å². The number of amides is 1. The first-order valence-corrected chi connectivity index (χ1v) is 8.86. The minimum Gasteiger partial charge on any atom is -0.484 e. The Labute approximate surface area is 143 Å². The van der Waals surface area contributed by atoms with Crippen molar-refractivity contribution in [1.82, 2.24) is 10.6 Å². The van der Waals surface area contributed by atoms with Gasteiger partial charge in [0, 0.05) is 42.6 Å². The number of carbonyl (C=O) groups excluding carboxylic acids is 1. The lowest BCUT2D eigenvalue weighted by molar-refractivity contribution is -0.153. The Hall–Kier alpha value is -1.41. The normalized spacial score (nSPS) is 18.2. The molecule has 0 bridgehead atoms. The van der Waals surface area contributed by atoms with Crippen molar-refractivity contribution in [1.29, 1.82) is 0 Å². The molecule has 0 aliphatic carbocycles. The summed E-state index contributed by atoms with van der Waals surface area (Å²) in [5, 5.41) is 6.03. The van der Waals surface area contributed by atoms with Crippen molar-refractivity contribution >= 4 is 17.7 Å². The summed E-state index contributed by atoms with van der Waals surface area (Å²) in [6.07, 6.45) is -4.04. The van der Waals surface area contributed by atoms with Gasteiger partial charge >= 0.3 is 6.18 Å². The van der Waals surface area contributed by atoms with Crippen molar-refractivity contribution in [2.45, 2.75) is 32.1 Å². The molecular formula is C16H21F3N2O2S. The SMILES string of the molecule is Cc1ccc(CNC(=O)CC2CSCCN2)c(OCC(F)(F)F)c1. The largest absolute Gasteiger partial charge is 0.484 e. The molecule has 1 aliphatic heterocycles. The molecule has 0 saturated carbocycles. The van der Waals surface area contributed by atoms with Gasteiger partial charge in [-0.3, -0.25) is 4.79 Å². The van der Waals surface area contributed by atoms with Gasteiger partial charge in [0.05, 0.1) is 0 Å². The van der Waals surface area contributed by atoms with Crippen LogP contribution in [0.15, 0.2) is 18.2 Å².